The molecule has 0 radical (unpaired) electrons. The first-order chi connectivity index (χ1) is 14.8. The van der Waals surface area contributed by atoms with Crippen LogP contribution in [0.5, 0.6) is 0 Å². The number of carbonyl (C=O) groups excluding carboxylic acids is 2. The van der Waals surface area contributed by atoms with Crippen LogP contribution in [-0.4, -0.2) is 74.0 Å². The maximum atomic E-state index is 12.9. The molecular formula is C19H29N5O6S. The number of hydrogen-bond donors (Lipinski definition) is 5. The molecule has 0 aliphatic carbocycles. The molecule has 0 aromatic heterocycles. The molecule has 1 aliphatic rings. The van der Waals surface area contributed by atoms with E-state index >= 15 is 0 Å². The molecule has 0 spiro atoms. The average molecular weight is 456 g/mol. The number of unbranched alkanes of at least 4 members (excludes halogenated alkanes) is 1. The molecule has 0 bridgehead atoms. The lowest BCUT2D eigenvalue weighted by atomic mass is 10.2. The fraction of sp³-hybridized carbons (Fsp3) is 0.526. The van der Waals surface area contributed by atoms with Crippen molar-refractivity contribution in [2.24, 2.45) is 5.73 Å². The van der Waals surface area contributed by atoms with Crippen molar-refractivity contribution in [3.63, 3.8) is 0 Å². The van der Waals surface area contributed by atoms with Crippen molar-refractivity contribution in [2.45, 2.75) is 42.7 Å². The summed E-state index contributed by atoms with van der Waals surface area (Å²) >= 11 is 0. The van der Waals surface area contributed by atoms with Gasteiger partial charge in [0.25, 0.3) is 0 Å². The van der Waals surface area contributed by atoms with Gasteiger partial charge in [-0.3, -0.25) is 4.79 Å². The Kier molecular flexibility index (Phi) is 9.21. The molecule has 1 aromatic carbocycles. The van der Waals surface area contributed by atoms with E-state index in [1.165, 1.54) is 12.1 Å². The third kappa shape index (κ3) is 6.91. The summed E-state index contributed by atoms with van der Waals surface area (Å²) in [5.41, 5.74) is 5.37. The van der Waals surface area contributed by atoms with Gasteiger partial charge in [0.1, 0.15) is 12.1 Å². The summed E-state index contributed by atoms with van der Waals surface area (Å²) in [7, 11) is -3.89. The number of carboxylic acid groups (broad SMARTS) is 1. The van der Waals surface area contributed by atoms with E-state index < -0.39 is 40.0 Å². The lowest BCUT2D eigenvalue weighted by Gasteiger charge is -2.25. The highest BCUT2D eigenvalue weighted by Crippen LogP contribution is 2.26. The van der Waals surface area contributed by atoms with Gasteiger partial charge in [-0.25, -0.2) is 18.0 Å². The molecule has 6 N–H and O–H groups in total. The Morgan fingerprint density at radius 3 is 2.52 bits per heavy atom. The number of nitrogens with one attached hydrogen (secondary N) is 3. The number of urea groups is 1. The van der Waals surface area contributed by atoms with Gasteiger partial charge in [-0.15, -0.1) is 0 Å². The van der Waals surface area contributed by atoms with Crippen molar-refractivity contribution in [1.29, 1.82) is 0 Å². The van der Waals surface area contributed by atoms with Crippen LogP contribution in [0, 0.1) is 0 Å². The lowest BCUT2D eigenvalue weighted by Crippen LogP contribution is -2.54. The summed E-state index contributed by atoms with van der Waals surface area (Å²) in [4.78, 5) is 36.1. The summed E-state index contributed by atoms with van der Waals surface area (Å²) in [6.45, 7) is 0.717. The molecule has 11 nitrogen and oxygen atoms in total. The number of benzene rings is 1. The number of aliphatic carboxylic acids is 1. The minimum Gasteiger partial charge on any atom is -0.480 e. The molecule has 12 heteroatoms. The number of nitrogens with two attached hydrogens (primary N) is 1. The number of rotatable bonds is 11. The van der Waals surface area contributed by atoms with Crippen molar-refractivity contribution in [3.8, 4) is 0 Å². The largest absolute Gasteiger partial charge is 0.480 e. The van der Waals surface area contributed by atoms with Crippen molar-refractivity contribution in [3.05, 3.63) is 30.3 Å². The molecule has 1 saturated heterocycles. The van der Waals surface area contributed by atoms with E-state index in [1.54, 1.807) is 18.2 Å². The van der Waals surface area contributed by atoms with Gasteiger partial charge in [0.05, 0.1) is 11.4 Å². The minimum absolute atomic E-state index is 0.0671. The quantitative estimate of drug-likeness (QED) is 0.279. The van der Waals surface area contributed by atoms with Gasteiger partial charge in [0, 0.05) is 13.1 Å². The third-order valence-electron chi connectivity index (χ3n) is 4.85. The van der Waals surface area contributed by atoms with E-state index in [0.29, 0.717) is 25.9 Å². The van der Waals surface area contributed by atoms with E-state index in [-0.39, 0.29) is 24.4 Å². The van der Waals surface area contributed by atoms with Gasteiger partial charge in [-0.2, -0.15) is 4.31 Å². The van der Waals surface area contributed by atoms with E-state index in [9.17, 15) is 27.9 Å². The molecule has 1 unspecified atom stereocenters. The molecule has 1 aliphatic heterocycles. The zero-order valence-electron chi connectivity index (χ0n) is 17.1. The van der Waals surface area contributed by atoms with Crippen LogP contribution in [0.1, 0.15) is 25.7 Å². The van der Waals surface area contributed by atoms with Gasteiger partial charge in [0.15, 0.2) is 0 Å². The van der Waals surface area contributed by atoms with Crippen LogP contribution in [0.3, 0.4) is 0 Å². The van der Waals surface area contributed by atoms with Crippen molar-refractivity contribution < 1.29 is 27.9 Å². The minimum atomic E-state index is -3.89. The second kappa shape index (κ2) is 11.6. The number of carbonyl (C=O) groups is 3. The molecule has 0 saturated carbocycles. The number of carboxylic acids is 1. The fourth-order valence-corrected chi connectivity index (χ4v) is 4.89. The Morgan fingerprint density at radius 2 is 1.87 bits per heavy atom. The molecule has 31 heavy (non-hydrogen) atoms. The molecular weight excluding hydrogens is 426 g/mol. The zero-order valence-corrected chi connectivity index (χ0v) is 17.9. The van der Waals surface area contributed by atoms with E-state index in [4.69, 9.17) is 5.73 Å². The summed E-state index contributed by atoms with van der Waals surface area (Å²) in [6, 6.07) is 4.77. The first-order valence-electron chi connectivity index (χ1n) is 10.1. The third-order valence-corrected chi connectivity index (χ3v) is 6.78. The van der Waals surface area contributed by atoms with Crippen molar-refractivity contribution in [2.75, 3.05) is 26.2 Å². The van der Waals surface area contributed by atoms with E-state index in [0.717, 1.165) is 10.7 Å². The number of hydrogen-bond acceptors (Lipinski definition) is 6. The molecule has 2 rings (SSSR count). The number of sulfonamides is 1. The first-order valence-corrected chi connectivity index (χ1v) is 11.5. The molecule has 1 fully saturated rings. The van der Waals surface area contributed by atoms with Crippen LogP contribution in [0.2, 0.25) is 0 Å². The highest BCUT2D eigenvalue weighted by molar-refractivity contribution is 7.89. The summed E-state index contributed by atoms with van der Waals surface area (Å²) in [6.07, 6.45) is 2.19. The zero-order chi connectivity index (χ0) is 22.9. The summed E-state index contributed by atoms with van der Waals surface area (Å²) in [5.74, 6) is -2.05. The SMILES string of the molecule is NCCCCNC(=O)NCC(NC(=O)[C@@H]1CCCN1S(=O)(=O)c1ccccc1)C(=O)O. The fourth-order valence-electron chi connectivity index (χ4n) is 3.21. The second-order valence-corrected chi connectivity index (χ2v) is 9.01. The Labute approximate surface area is 181 Å². The Hall–Kier alpha value is -2.70. The van der Waals surface area contributed by atoms with Gasteiger partial charge in [-0.1, -0.05) is 18.2 Å². The topological polar surface area (TPSA) is 171 Å². The number of nitrogens with zero attached hydrogens (tertiary/aromatic N) is 1. The molecule has 1 heterocycles. The molecule has 1 aromatic rings. The predicted octanol–water partition coefficient (Wildman–Crippen LogP) is -0.553. The predicted molar refractivity (Wildman–Crippen MR) is 113 cm³/mol. The monoisotopic (exact) mass is 455 g/mol. The number of amides is 3. The maximum Gasteiger partial charge on any atom is 0.328 e. The molecule has 3 amide bonds. The highest BCUT2D eigenvalue weighted by atomic mass is 32.2. The van der Waals surface area contributed by atoms with Crippen LogP contribution in [0.15, 0.2) is 35.2 Å². The smallest absolute Gasteiger partial charge is 0.328 e. The highest BCUT2D eigenvalue weighted by Gasteiger charge is 2.40. The van der Waals surface area contributed by atoms with Crippen LogP contribution < -0.4 is 21.7 Å². The van der Waals surface area contributed by atoms with Crippen molar-refractivity contribution in [1.82, 2.24) is 20.3 Å². The Bertz CT molecular complexity index is 864. The lowest BCUT2D eigenvalue weighted by molar-refractivity contribution is -0.142. The normalized spacial score (nSPS) is 17.6. The maximum absolute atomic E-state index is 12.9. The van der Waals surface area contributed by atoms with Gasteiger partial charge < -0.3 is 26.8 Å². The van der Waals surface area contributed by atoms with E-state index in [1.807, 2.05) is 0 Å². The second-order valence-electron chi connectivity index (χ2n) is 7.12. The standard InChI is InChI=1S/C19H29N5O6S/c20-10-4-5-11-21-19(28)22-13-15(18(26)27)23-17(25)16-9-6-12-24(16)31(29,30)14-7-2-1-3-8-14/h1-3,7-8,15-16H,4-6,9-13,20H2,(H,23,25)(H,26,27)(H2,21,22,28)/t15?,16-/m0/s1. The van der Waals surface area contributed by atoms with Crippen LogP contribution in [-0.2, 0) is 19.6 Å². The van der Waals surface area contributed by atoms with Gasteiger partial charge in [0.2, 0.25) is 15.9 Å². The van der Waals surface area contributed by atoms with Crippen molar-refractivity contribution >= 4 is 27.9 Å². The van der Waals surface area contributed by atoms with Gasteiger partial charge >= 0.3 is 12.0 Å². The Morgan fingerprint density at radius 1 is 1.16 bits per heavy atom. The average Bonchev–Trinajstić information content (AvgIpc) is 3.25. The molecule has 2 atom stereocenters. The van der Waals surface area contributed by atoms with Gasteiger partial charge in [-0.05, 0) is 44.4 Å². The van der Waals surface area contributed by atoms with Crippen LogP contribution in [0.25, 0.3) is 0 Å². The summed E-state index contributed by atoms with van der Waals surface area (Å²) < 4.78 is 26.9. The first kappa shape index (κ1) is 24.6. The summed E-state index contributed by atoms with van der Waals surface area (Å²) in [5, 5.41) is 16.7. The molecule has 172 valence electrons. The van der Waals surface area contributed by atoms with Crippen LogP contribution in [0.4, 0.5) is 4.79 Å². The van der Waals surface area contributed by atoms with Crippen LogP contribution >= 0.6 is 0 Å². The Balaban J connectivity index is 1.97. The van der Waals surface area contributed by atoms with E-state index in [2.05, 4.69) is 16.0 Å².